The molecule has 0 aliphatic carbocycles. The lowest BCUT2D eigenvalue weighted by molar-refractivity contribution is -0.122. The van der Waals surface area contributed by atoms with Crippen LogP contribution in [0.4, 0.5) is 0 Å². The summed E-state index contributed by atoms with van der Waals surface area (Å²) in [6.07, 6.45) is 6.77. The average molecular weight is 337 g/mol. The van der Waals surface area contributed by atoms with Gasteiger partial charge < -0.3 is 14.4 Å². The summed E-state index contributed by atoms with van der Waals surface area (Å²) >= 11 is 0. The van der Waals surface area contributed by atoms with Crippen molar-refractivity contribution < 1.29 is 14.6 Å². The minimum atomic E-state index is -0.250. The second kappa shape index (κ2) is 8.21. The smallest absolute Gasteiger partial charge is 0.290 e. The first kappa shape index (κ1) is 16.9. The van der Waals surface area contributed by atoms with Crippen LogP contribution in [0.2, 0.25) is 0 Å². The van der Waals surface area contributed by atoms with Crippen LogP contribution in [-0.4, -0.2) is 39.3 Å². The van der Waals surface area contributed by atoms with Crippen molar-refractivity contribution in [1.82, 2.24) is 14.5 Å². The van der Waals surface area contributed by atoms with E-state index in [1.807, 2.05) is 36.8 Å². The van der Waals surface area contributed by atoms with Gasteiger partial charge in [0.15, 0.2) is 0 Å². The van der Waals surface area contributed by atoms with Crippen molar-refractivity contribution >= 4 is 6.47 Å². The monoisotopic (exact) mass is 337 g/mol. The number of aromatic nitrogens is 3. The normalized spacial score (nSPS) is 16.1. The van der Waals surface area contributed by atoms with Gasteiger partial charge in [0.05, 0.1) is 18.3 Å². The molecule has 0 bridgehead atoms. The van der Waals surface area contributed by atoms with Crippen LogP contribution in [0, 0.1) is 0 Å². The van der Waals surface area contributed by atoms with Crippen molar-refractivity contribution in [1.29, 1.82) is 0 Å². The van der Waals surface area contributed by atoms with Crippen molar-refractivity contribution in [2.45, 2.75) is 12.5 Å². The van der Waals surface area contributed by atoms with Crippen LogP contribution >= 0.6 is 0 Å². The number of carboxylic acid groups (broad SMARTS) is 1. The van der Waals surface area contributed by atoms with Crippen LogP contribution in [0.5, 0.6) is 0 Å². The lowest BCUT2D eigenvalue weighted by Crippen LogP contribution is -2.09. The van der Waals surface area contributed by atoms with Crippen LogP contribution in [0.1, 0.15) is 12.5 Å². The maximum atomic E-state index is 8.36. The minimum Gasteiger partial charge on any atom is -0.483 e. The number of rotatable bonds is 3. The molecule has 3 aromatic rings. The van der Waals surface area contributed by atoms with Gasteiger partial charge in [-0.25, -0.2) is 4.98 Å². The van der Waals surface area contributed by atoms with Gasteiger partial charge in [-0.1, -0.05) is 30.3 Å². The number of ether oxygens (including phenoxy) is 1. The Labute approximate surface area is 145 Å². The largest absolute Gasteiger partial charge is 0.483 e. The summed E-state index contributed by atoms with van der Waals surface area (Å²) in [5, 5.41) is 6.89. The van der Waals surface area contributed by atoms with E-state index in [0.717, 1.165) is 42.3 Å². The van der Waals surface area contributed by atoms with E-state index in [0.29, 0.717) is 6.04 Å². The lowest BCUT2D eigenvalue weighted by Gasteiger charge is -2.13. The number of nitrogens with zero attached hydrogens (tertiary/aromatic N) is 3. The van der Waals surface area contributed by atoms with E-state index in [2.05, 4.69) is 38.8 Å². The lowest BCUT2D eigenvalue weighted by atomic mass is 10.1. The van der Waals surface area contributed by atoms with Gasteiger partial charge in [0, 0.05) is 36.3 Å². The highest BCUT2D eigenvalue weighted by molar-refractivity contribution is 5.65. The van der Waals surface area contributed by atoms with Crippen LogP contribution in [0.25, 0.3) is 22.6 Å². The number of pyridine rings is 1. The number of hydrogen-bond acceptors (Lipinski definition) is 4. The van der Waals surface area contributed by atoms with Gasteiger partial charge in [-0.3, -0.25) is 9.78 Å². The van der Waals surface area contributed by atoms with Crippen LogP contribution in [0.3, 0.4) is 0 Å². The Morgan fingerprint density at radius 2 is 1.84 bits per heavy atom. The average Bonchev–Trinajstić information content (AvgIpc) is 3.35. The molecular formula is C19H19N3O3. The zero-order valence-corrected chi connectivity index (χ0v) is 13.7. The van der Waals surface area contributed by atoms with E-state index < -0.39 is 0 Å². The molecule has 0 spiro atoms. The van der Waals surface area contributed by atoms with Gasteiger partial charge in [-0.05, 0) is 18.6 Å². The molecule has 128 valence electrons. The van der Waals surface area contributed by atoms with Crippen molar-refractivity contribution in [3.63, 3.8) is 0 Å². The van der Waals surface area contributed by atoms with Gasteiger partial charge >= 0.3 is 0 Å². The summed E-state index contributed by atoms with van der Waals surface area (Å²) in [5.41, 5.74) is 3.23. The van der Waals surface area contributed by atoms with Crippen molar-refractivity contribution in [3.8, 4) is 22.6 Å². The third-order valence-corrected chi connectivity index (χ3v) is 4.07. The van der Waals surface area contributed by atoms with E-state index in [4.69, 9.17) is 14.6 Å². The van der Waals surface area contributed by atoms with E-state index in [9.17, 15) is 0 Å². The second-order valence-corrected chi connectivity index (χ2v) is 5.57. The molecule has 4 rings (SSSR count). The van der Waals surface area contributed by atoms with E-state index in [1.165, 1.54) is 0 Å². The summed E-state index contributed by atoms with van der Waals surface area (Å²) in [4.78, 5) is 17.3. The molecule has 2 aromatic heterocycles. The molecule has 1 N–H and O–H groups in total. The quantitative estimate of drug-likeness (QED) is 0.742. The fraction of sp³-hybridized carbons (Fsp3) is 0.211. The summed E-state index contributed by atoms with van der Waals surface area (Å²) in [7, 11) is 0. The molecule has 0 radical (unpaired) electrons. The molecule has 1 aliphatic heterocycles. The Bertz CT molecular complexity index is 794. The van der Waals surface area contributed by atoms with Gasteiger partial charge in [0.25, 0.3) is 6.47 Å². The van der Waals surface area contributed by atoms with Crippen LogP contribution in [-0.2, 0) is 9.53 Å². The first-order valence-corrected chi connectivity index (χ1v) is 8.03. The van der Waals surface area contributed by atoms with Gasteiger partial charge in [-0.2, -0.15) is 0 Å². The van der Waals surface area contributed by atoms with Gasteiger partial charge in [0.2, 0.25) is 0 Å². The fourth-order valence-corrected chi connectivity index (χ4v) is 2.90. The summed E-state index contributed by atoms with van der Waals surface area (Å²) in [6.45, 7) is 1.36. The second-order valence-electron chi connectivity index (χ2n) is 5.57. The van der Waals surface area contributed by atoms with Crippen molar-refractivity contribution in [2.24, 2.45) is 0 Å². The first-order valence-electron chi connectivity index (χ1n) is 8.03. The SMILES string of the molecule is O=CO.c1ccc(-c2ccc(-c3nccn3C3CCOC3)cc2)nc1. The van der Waals surface area contributed by atoms with Gasteiger partial charge in [-0.15, -0.1) is 0 Å². The number of hydrogen-bond donors (Lipinski definition) is 1. The minimum absolute atomic E-state index is 0.250. The predicted molar refractivity (Wildman–Crippen MR) is 94.1 cm³/mol. The third kappa shape index (κ3) is 3.92. The molecule has 3 heterocycles. The molecule has 6 nitrogen and oxygen atoms in total. The highest BCUT2D eigenvalue weighted by Gasteiger charge is 2.20. The number of carbonyl (C=O) groups is 1. The molecule has 0 amide bonds. The highest BCUT2D eigenvalue weighted by Crippen LogP contribution is 2.27. The molecule has 1 saturated heterocycles. The molecule has 0 saturated carbocycles. The summed E-state index contributed by atoms with van der Waals surface area (Å²) in [5.74, 6) is 1.00. The Balaban J connectivity index is 0.000000569. The molecule has 1 atom stereocenters. The topological polar surface area (TPSA) is 77.2 Å². The molecule has 1 aliphatic rings. The maximum Gasteiger partial charge on any atom is 0.290 e. The maximum absolute atomic E-state index is 8.36. The molecule has 6 heteroatoms. The molecule has 1 fully saturated rings. The predicted octanol–water partition coefficient (Wildman–Crippen LogP) is 3.27. The summed E-state index contributed by atoms with van der Waals surface area (Å²) in [6, 6.07) is 14.8. The first-order chi connectivity index (χ1) is 12.3. The zero-order valence-electron chi connectivity index (χ0n) is 13.7. The standard InChI is InChI=1S/C18H17N3O.CH2O2/c1-2-9-19-17(3-1)14-4-6-15(7-5-14)18-20-10-11-21(18)16-8-12-22-13-16;2-1-3/h1-7,9-11,16H,8,12-13H2;1H,(H,2,3). The van der Waals surface area contributed by atoms with E-state index in [-0.39, 0.29) is 6.47 Å². The Kier molecular flexibility index (Phi) is 5.53. The number of benzene rings is 1. The fourth-order valence-electron chi connectivity index (χ4n) is 2.90. The van der Waals surface area contributed by atoms with Crippen molar-refractivity contribution in [2.75, 3.05) is 13.2 Å². The Hall–Kier alpha value is -2.99. The van der Waals surface area contributed by atoms with Crippen molar-refractivity contribution in [3.05, 3.63) is 61.1 Å². The van der Waals surface area contributed by atoms with E-state index >= 15 is 0 Å². The van der Waals surface area contributed by atoms with Crippen LogP contribution in [0.15, 0.2) is 61.1 Å². The Morgan fingerprint density at radius 1 is 1.08 bits per heavy atom. The third-order valence-electron chi connectivity index (χ3n) is 4.07. The zero-order chi connectivity index (χ0) is 17.5. The Morgan fingerprint density at radius 3 is 2.48 bits per heavy atom. The molecular weight excluding hydrogens is 318 g/mol. The van der Waals surface area contributed by atoms with Crippen LogP contribution < -0.4 is 0 Å². The molecule has 1 unspecified atom stereocenters. The van der Waals surface area contributed by atoms with Gasteiger partial charge in [0.1, 0.15) is 5.82 Å². The highest BCUT2D eigenvalue weighted by atomic mass is 16.5. The molecule has 1 aromatic carbocycles. The van der Waals surface area contributed by atoms with E-state index in [1.54, 1.807) is 0 Å². The summed E-state index contributed by atoms with van der Waals surface area (Å²) < 4.78 is 7.72. The molecule has 25 heavy (non-hydrogen) atoms. The number of imidazole rings is 1.